The quantitative estimate of drug-likeness (QED) is 0.0997. The lowest BCUT2D eigenvalue weighted by Crippen LogP contribution is -2.38. The van der Waals surface area contributed by atoms with Crippen molar-refractivity contribution < 1.29 is 28.8 Å². The Morgan fingerprint density at radius 3 is 2.44 bits per heavy atom. The lowest BCUT2D eigenvalue weighted by Gasteiger charge is -2.23. The van der Waals surface area contributed by atoms with E-state index in [9.17, 15) is 24.5 Å². The van der Waals surface area contributed by atoms with E-state index in [0.717, 1.165) is 7.41 Å². The zero-order valence-electron chi connectivity index (χ0n) is 19.4. The normalized spacial score (nSPS) is 11.9. The minimum atomic E-state index is -0.702. The number of carbonyl (C=O) groups is 3. The van der Waals surface area contributed by atoms with Crippen molar-refractivity contribution >= 4 is 54.6 Å². The van der Waals surface area contributed by atoms with E-state index in [1.807, 2.05) is 0 Å². The highest BCUT2D eigenvalue weighted by atomic mass is 35.5. The van der Waals surface area contributed by atoms with Gasteiger partial charge >= 0.3 is 12.1 Å². The monoisotopic (exact) mass is 516 g/mol. The van der Waals surface area contributed by atoms with Crippen molar-refractivity contribution in [2.24, 2.45) is 0 Å². The predicted octanol–water partition coefficient (Wildman–Crippen LogP) is 3.05. The number of amides is 1. The van der Waals surface area contributed by atoms with Gasteiger partial charge in [0, 0.05) is 42.5 Å². The standard InChI is InChI=1S/C21H29BCl2N3O7/c1-21(2,3)34-19(29)12-17(25-22-14-28)11-16-10-15(4-5-18(16)27(31)32)13-33-20(30)26(8-6-23)9-7-24/h4-5,10,14,17,25H,6-9,11-13H2,1-3H3/t17-/m1/s1. The number of nitro benzene ring substituents is 1. The summed E-state index contributed by atoms with van der Waals surface area (Å²) in [7, 11) is 1.12. The molecule has 10 nitrogen and oxygen atoms in total. The molecule has 0 aromatic heterocycles. The average molecular weight is 517 g/mol. The highest BCUT2D eigenvalue weighted by Gasteiger charge is 2.24. The summed E-state index contributed by atoms with van der Waals surface area (Å²) in [6, 6.07) is 3.68. The van der Waals surface area contributed by atoms with Gasteiger partial charge in [0.05, 0.1) is 17.5 Å². The average Bonchev–Trinajstić information content (AvgIpc) is 2.74. The largest absolute Gasteiger partial charge is 0.460 e. The molecule has 0 saturated carbocycles. The Bertz CT molecular complexity index is 846. The Morgan fingerprint density at radius 2 is 1.91 bits per heavy atom. The molecule has 1 atom stereocenters. The van der Waals surface area contributed by atoms with Crippen LogP contribution in [-0.2, 0) is 32.1 Å². The second kappa shape index (κ2) is 14.8. The Kier molecular flexibility index (Phi) is 12.9. The summed E-state index contributed by atoms with van der Waals surface area (Å²) in [6.45, 7) is 5.58. The van der Waals surface area contributed by atoms with Crippen molar-refractivity contribution in [1.29, 1.82) is 0 Å². The van der Waals surface area contributed by atoms with Gasteiger partial charge in [-0.2, -0.15) is 0 Å². The third kappa shape index (κ3) is 11.2. The van der Waals surface area contributed by atoms with Gasteiger partial charge in [-0.15, -0.1) is 23.2 Å². The van der Waals surface area contributed by atoms with Crippen molar-refractivity contribution in [1.82, 2.24) is 10.1 Å². The molecule has 0 aliphatic carbocycles. The Hall–Kier alpha value is -2.37. The first-order chi connectivity index (χ1) is 16.0. The van der Waals surface area contributed by atoms with Crippen molar-refractivity contribution in [2.75, 3.05) is 24.8 Å². The van der Waals surface area contributed by atoms with Gasteiger partial charge in [-0.1, -0.05) is 0 Å². The van der Waals surface area contributed by atoms with Crippen LogP contribution in [0.25, 0.3) is 0 Å². The summed E-state index contributed by atoms with van der Waals surface area (Å²) in [5, 5.41) is 14.3. The fourth-order valence-electron chi connectivity index (χ4n) is 3.02. The third-order valence-electron chi connectivity index (χ3n) is 4.37. The van der Waals surface area contributed by atoms with Crippen LogP contribution in [0.4, 0.5) is 10.5 Å². The molecular formula is C21H29BCl2N3O7. The molecule has 1 aromatic rings. The summed E-state index contributed by atoms with van der Waals surface area (Å²) in [6.07, 6.45) is -0.165. The van der Waals surface area contributed by atoms with Gasteiger partial charge < -0.3 is 24.4 Å². The van der Waals surface area contributed by atoms with Gasteiger partial charge in [0.25, 0.3) is 13.1 Å². The molecule has 1 N–H and O–H groups in total. The number of nitro groups is 1. The number of carbonyl (C=O) groups excluding carboxylic acids is 3. The lowest BCUT2D eigenvalue weighted by molar-refractivity contribution is -0.385. The number of halogens is 2. The predicted molar refractivity (Wildman–Crippen MR) is 130 cm³/mol. The van der Waals surface area contributed by atoms with Crippen molar-refractivity contribution in [3.05, 3.63) is 39.4 Å². The summed E-state index contributed by atoms with van der Waals surface area (Å²) in [4.78, 5) is 47.7. The maximum atomic E-state index is 12.3. The highest BCUT2D eigenvalue weighted by molar-refractivity contribution is 6.64. The van der Waals surface area contributed by atoms with Gasteiger partial charge in [0.15, 0.2) is 0 Å². The van der Waals surface area contributed by atoms with Crippen LogP contribution in [0.1, 0.15) is 38.3 Å². The van der Waals surface area contributed by atoms with Crippen LogP contribution in [0.15, 0.2) is 18.2 Å². The molecule has 1 amide bonds. The number of esters is 1. The van der Waals surface area contributed by atoms with E-state index in [4.69, 9.17) is 32.7 Å². The number of rotatable bonds is 14. The number of nitrogens with zero attached hydrogens (tertiary/aromatic N) is 2. The first-order valence-corrected chi connectivity index (χ1v) is 11.6. The molecule has 0 bridgehead atoms. The molecule has 0 spiro atoms. The highest BCUT2D eigenvalue weighted by Crippen LogP contribution is 2.23. The number of ether oxygens (including phenoxy) is 2. The topological polar surface area (TPSA) is 128 Å². The second-order valence-corrected chi connectivity index (χ2v) is 9.06. The number of benzene rings is 1. The molecule has 0 aliphatic heterocycles. The number of hydrogen-bond acceptors (Lipinski definition) is 8. The molecule has 0 unspecified atom stereocenters. The van der Waals surface area contributed by atoms with Crippen LogP contribution < -0.4 is 5.23 Å². The number of alkyl halides is 2. The van der Waals surface area contributed by atoms with E-state index in [-0.39, 0.29) is 50.0 Å². The number of hydrogen-bond donors (Lipinski definition) is 1. The molecular weight excluding hydrogens is 488 g/mol. The SMILES string of the molecule is CC(C)(C)OC(=O)C[C@@H](Cc1cc(COC(=O)N(CCCl)CCCl)ccc1[N+](=O)[O-])N[B]C=O. The van der Waals surface area contributed by atoms with E-state index in [0.29, 0.717) is 17.3 Å². The third-order valence-corrected chi connectivity index (χ3v) is 4.71. The second-order valence-electron chi connectivity index (χ2n) is 8.30. The molecule has 13 heteroatoms. The first kappa shape index (κ1) is 29.7. The fraction of sp³-hybridized carbons (Fsp3) is 0.571. The Balaban J connectivity index is 3.03. The Morgan fingerprint density at radius 1 is 1.26 bits per heavy atom. The van der Waals surface area contributed by atoms with Gasteiger partial charge in [0.1, 0.15) is 12.2 Å². The van der Waals surface area contributed by atoms with Crippen molar-refractivity contribution in [2.45, 2.75) is 51.9 Å². The van der Waals surface area contributed by atoms with Gasteiger partial charge in [-0.25, -0.2) is 4.79 Å². The molecule has 1 radical (unpaired) electrons. The van der Waals surface area contributed by atoms with Gasteiger partial charge in [-0.3, -0.25) is 14.9 Å². The minimum Gasteiger partial charge on any atom is -0.460 e. The fourth-order valence-corrected chi connectivity index (χ4v) is 3.43. The van der Waals surface area contributed by atoms with Crippen LogP contribution in [0, 0.1) is 10.1 Å². The maximum Gasteiger partial charge on any atom is 0.410 e. The van der Waals surface area contributed by atoms with Gasteiger partial charge in [-0.05, 0) is 44.9 Å². The van der Waals surface area contributed by atoms with Crippen molar-refractivity contribution in [3.8, 4) is 0 Å². The minimum absolute atomic E-state index is 0.0479. The molecule has 0 heterocycles. The molecule has 34 heavy (non-hydrogen) atoms. The lowest BCUT2D eigenvalue weighted by atomic mass is 9.92. The maximum absolute atomic E-state index is 12.3. The van der Waals surface area contributed by atoms with Gasteiger partial charge in [0.2, 0.25) is 0 Å². The zero-order valence-corrected chi connectivity index (χ0v) is 20.9. The molecule has 0 fully saturated rings. The van der Waals surface area contributed by atoms with Crippen LogP contribution in [-0.4, -0.2) is 72.0 Å². The Labute approximate surface area is 209 Å². The molecule has 1 rings (SSSR count). The first-order valence-electron chi connectivity index (χ1n) is 10.6. The van der Waals surface area contributed by atoms with Crippen molar-refractivity contribution in [3.63, 3.8) is 0 Å². The molecule has 0 aliphatic rings. The summed E-state index contributed by atoms with van der Waals surface area (Å²) in [5.41, 5.74) is -0.0477. The summed E-state index contributed by atoms with van der Waals surface area (Å²) in [5.74, 6) is -0.0784. The van der Waals surface area contributed by atoms with E-state index in [1.54, 1.807) is 20.8 Å². The van der Waals surface area contributed by atoms with Crippen LogP contribution in [0.3, 0.4) is 0 Å². The van der Waals surface area contributed by atoms with Crippen LogP contribution >= 0.6 is 23.2 Å². The smallest absolute Gasteiger partial charge is 0.410 e. The van der Waals surface area contributed by atoms with E-state index in [1.165, 1.54) is 23.1 Å². The zero-order chi connectivity index (χ0) is 25.7. The van der Waals surface area contributed by atoms with E-state index < -0.39 is 28.6 Å². The summed E-state index contributed by atoms with van der Waals surface area (Å²) >= 11 is 11.4. The van der Waals surface area contributed by atoms with Crippen LogP contribution in [0.2, 0.25) is 0 Å². The van der Waals surface area contributed by atoms with Crippen LogP contribution in [0.5, 0.6) is 0 Å². The molecule has 187 valence electrons. The van der Waals surface area contributed by atoms with E-state index >= 15 is 0 Å². The summed E-state index contributed by atoms with van der Waals surface area (Å²) < 4.78 is 10.6. The molecule has 1 aromatic carbocycles. The number of nitrogens with one attached hydrogen (secondary N) is 1. The molecule has 0 saturated heterocycles. The van der Waals surface area contributed by atoms with E-state index in [2.05, 4.69) is 5.23 Å².